The van der Waals surface area contributed by atoms with E-state index in [1.807, 2.05) is 30.3 Å². The van der Waals surface area contributed by atoms with Crippen LogP contribution in [-0.4, -0.2) is 23.8 Å². The van der Waals surface area contributed by atoms with Crippen molar-refractivity contribution in [3.05, 3.63) is 35.9 Å². The number of aliphatic hydroxyl groups is 1. The number of aliphatic hydroxyl groups excluding tert-OH is 1. The van der Waals surface area contributed by atoms with Gasteiger partial charge in [-0.25, -0.2) is 4.79 Å². The summed E-state index contributed by atoms with van der Waals surface area (Å²) >= 11 is 0. The molecule has 2 amide bonds. The molecule has 0 spiro atoms. The maximum Gasteiger partial charge on any atom is 0.315 e. The first-order chi connectivity index (χ1) is 9.02. The molecule has 1 aromatic rings. The van der Waals surface area contributed by atoms with Gasteiger partial charge in [-0.1, -0.05) is 44.2 Å². The monoisotopic (exact) mass is 264 g/mol. The third-order valence-corrected chi connectivity index (χ3v) is 2.87. The fraction of sp³-hybridized carbons (Fsp3) is 0.533. The standard InChI is InChI=1S/C15H24N2O2/c1-11(2)9-14(13-7-5-4-6-8-13)17-15(19)16-12(3)10-18/h4-8,11-12,14,18H,9-10H2,1-3H3,(H2,16,17,19). The van der Waals surface area contributed by atoms with Gasteiger partial charge in [0, 0.05) is 0 Å². The molecule has 0 radical (unpaired) electrons. The van der Waals surface area contributed by atoms with Gasteiger partial charge >= 0.3 is 6.03 Å². The minimum atomic E-state index is -0.240. The van der Waals surface area contributed by atoms with Gasteiger partial charge in [0.2, 0.25) is 0 Å². The van der Waals surface area contributed by atoms with Gasteiger partial charge in [-0.05, 0) is 24.8 Å². The Bertz CT molecular complexity index is 379. The molecule has 19 heavy (non-hydrogen) atoms. The highest BCUT2D eigenvalue weighted by Gasteiger charge is 2.16. The van der Waals surface area contributed by atoms with Crippen molar-refractivity contribution >= 4 is 6.03 Å². The third-order valence-electron chi connectivity index (χ3n) is 2.87. The Morgan fingerprint density at radius 2 is 1.79 bits per heavy atom. The maximum atomic E-state index is 11.8. The predicted octanol–water partition coefficient (Wildman–Crippen LogP) is 2.45. The quantitative estimate of drug-likeness (QED) is 0.739. The lowest BCUT2D eigenvalue weighted by atomic mass is 9.97. The van der Waals surface area contributed by atoms with Crippen LogP contribution in [0.15, 0.2) is 30.3 Å². The summed E-state index contributed by atoms with van der Waals surface area (Å²) in [5, 5.41) is 14.6. The van der Waals surface area contributed by atoms with Gasteiger partial charge in [0.15, 0.2) is 0 Å². The summed E-state index contributed by atoms with van der Waals surface area (Å²) in [4.78, 5) is 11.8. The number of carbonyl (C=O) groups is 1. The highest BCUT2D eigenvalue weighted by molar-refractivity contribution is 5.74. The van der Waals surface area contributed by atoms with Crippen LogP contribution >= 0.6 is 0 Å². The summed E-state index contributed by atoms with van der Waals surface area (Å²) in [5.41, 5.74) is 1.10. The molecule has 1 rings (SSSR count). The van der Waals surface area contributed by atoms with Crippen LogP contribution in [0, 0.1) is 5.92 Å². The summed E-state index contributed by atoms with van der Waals surface area (Å²) in [7, 11) is 0. The fourth-order valence-corrected chi connectivity index (χ4v) is 1.90. The van der Waals surface area contributed by atoms with Crippen LogP contribution in [0.3, 0.4) is 0 Å². The van der Waals surface area contributed by atoms with Gasteiger partial charge in [0.1, 0.15) is 0 Å². The van der Waals surface area contributed by atoms with Gasteiger partial charge < -0.3 is 15.7 Å². The summed E-state index contributed by atoms with van der Waals surface area (Å²) in [6.07, 6.45) is 0.880. The SMILES string of the molecule is CC(C)CC(NC(=O)NC(C)CO)c1ccccc1. The van der Waals surface area contributed by atoms with E-state index in [4.69, 9.17) is 5.11 Å². The number of hydrogen-bond acceptors (Lipinski definition) is 2. The van der Waals surface area contributed by atoms with E-state index in [0.29, 0.717) is 5.92 Å². The van der Waals surface area contributed by atoms with Crippen molar-refractivity contribution < 1.29 is 9.90 Å². The number of urea groups is 1. The molecule has 0 fully saturated rings. The lowest BCUT2D eigenvalue weighted by molar-refractivity contribution is 0.216. The highest BCUT2D eigenvalue weighted by atomic mass is 16.3. The minimum absolute atomic E-state index is 0.00732. The van der Waals surface area contributed by atoms with Gasteiger partial charge in [-0.3, -0.25) is 0 Å². The molecule has 2 unspecified atom stereocenters. The maximum absolute atomic E-state index is 11.8. The topological polar surface area (TPSA) is 61.4 Å². The lowest BCUT2D eigenvalue weighted by Gasteiger charge is -2.22. The second kappa shape index (κ2) is 7.79. The van der Waals surface area contributed by atoms with E-state index < -0.39 is 0 Å². The molecule has 0 aliphatic heterocycles. The average molecular weight is 264 g/mol. The molecule has 0 saturated heterocycles. The highest BCUT2D eigenvalue weighted by Crippen LogP contribution is 2.20. The fourth-order valence-electron chi connectivity index (χ4n) is 1.90. The molecule has 3 N–H and O–H groups in total. The van der Waals surface area contributed by atoms with E-state index in [-0.39, 0.29) is 24.7 Å². The Morgan fingerprint density at radius 3 is 2.32 bits per heavy atom. The van der Waals surface area contributed by atoms with Crippen LogP contribution in [-0.2, 0) is 0 Å². The van der Waals surface area contributed by atoms with E-state index in [1.54, 1.807) is 6.92 Å². The zero-order chi connectivity index (χ0) is 14.3. The molecular formula is C15H24N2O2. The number of hydrogen-bond donors (Lipinski definition) is 3. The second-order valence-electron chi connectivity index (χ2n) is 5.29. The largest absolute Gasteiger partial charge is 0.394 e. The van der Waals surface area contributed by atoms with E-state index in [9.17, 15) is 4.79 Å². The zero-order valence-corrected chi connectivity index (χ0v) is 11.9. The number of amides is 2. The van der Waals surface area contributed by atoms with Crippen molar-refractivity contribution in [3.63, 3.8) is 0 Å². The van der Waals surface area contributed by atoms with Gasteiger partial charge in [-0.2, -0.15) is 0 Å². The van der Waals surface area contributed by atoms with Crippen LogP contribution in [0.1, 0.15) is 38.8 Å². The Labute approximate surface area is 115 Å². The molecule has 1 aromatic carbocycles. The molecule has 4 heteroatoms. The molecular weight excluding hydrogens is 240 g/mol. The summed E-state index contributed by atoms with van der Waals surface area (Å²) in [5.74, 6) is 0.487. The van der Waals surface area contributed by atoms with Crippen molar-refractivity contribution in [2.24, 2.45) is 5.92 Å². The molecule has 0 aliphatic rings. The van der Waals surface area contributed by atoms with E-state index in [0.717, 1.165) is 12.0 Å². The van der Waals surface area contributed by atoms with Crippen molar-refractivity contribution in [3.8, 4) is 0 Å². The molecule has 0 saturated carbocycles. The molecule has 0 aliphatic carbocycles. The molecule has 0 aromatic heterocycles. The average Bonchev–Trinajstić information content (AvgIpc) is 2.38. The number of benzene rings is 1. The van der Waals surface area contributed by atoms with Crippen LogP contribution in [0.25, 0.3) is 0 Å². The van der Waals surface area contributed by atoms with Crippen LogP contribution < -0.4 is 10.6 Å². The second-order valence-corrected chi connectivity index (χ2v) is 5.29. The molecule has 4 nitrogen and oxygen atoms in total. The first kappa shape index (κ1) is 15.5. The predicted molar refractivity (Wildman–Crippen MR) is 76.9 cm³/mol. The molecule has 2 atom stereocenters. The summed E-state index contributed by atoms with van der Waals surface area (Å²) in [6, 6.07) is 9.45. The Kier molecular flexibility index (Phi) is 6.36. The Hall–Kier alpha value is -1.55. The summed E-state index contributed by atoms with van der Waals surface area (Å²) in [6.45, 7) is 5.96. The summed E-state index contributed by atoms with van der Waals surface area (Å²) < 4.78 is 0. The van der Waals surface area contributed by atoms with Crippen molar-refractivity contribution in [2.75, 3.05) is 6.61 Å². The first-order valence-electron chi connectivity index (χ1n) is 6.75. The van der Waals surface area contributed by atoms with Gasteiger partial charge in [-0.15, -0.1) is 0 Å². The normalized spacial score (nSPS) is 13.9. The number of carbonyl (C=O) groups excluding carboxylic acids is 1. The molecule has 0 bridgehead atoms. The molecule has 0 heterocycles. The van der Waals surface area contributed by atoms with E-state index in [2.05, 4.69) is 24.5 Å². The smallest absolute Gasteiger partial charge is 0.315 e. The van der Waals surface area contributed by atoms with Crippen molar-refractivity contribution in [2.45, 2.75) is 39.3 Å². The van der Waals surface area contributed by atoms with Gasteiger partial charge in [0.05, 0.1) is 18.7 Å². The Balaban J connectivity index is 2.68. The first-order valence-corrected chi connectivity index (χ1v) is 6.75. The van der Waals surface area contributed by atoms with Gasteiger partial charge in [0.25, 0.3) is 0 Å². The zero-order valence-electron chi connectivity index (χ0n) is 11.9. The number of rotatable bonds is 6. The molecule has 106 valence electrons. The van der Waals surface area contributed by atoms with Crippen LogP contribution in [0.5, 0.6) is 0 Å². The van der Waals surface area contributed by atoms with Crippen LogP contribution in [0.2, 0.25) is 0 Å². The van der Waals surface area contributed by atoms with E-state index in [1.165, 1.54) is 0 Å². The minimum Gasteiger partial charge on any atom is -0.394 e. The third kappa shape index (κ3) is 5.75. The Morgan fingerprint density at radius 1 is 1.16 bits per heavy atom. The lowest BCUT2D eigenvalue weighted by Crippen LogP contribution is -2.43. The van der Waals surface area contributed by atoms with Crippen molar-refractivity contribution in [1.82, 2.24) is 10.6 Å². The van der Waals surface area contributed by atoms with E-state index >= 15 is 0 Å². The van der Waals surface area contributed by atoms with Crippen LogP contribution in [0.4, 0.5) is 4.79 Å². The number of nitrogens with one attached hydrogen (secondary N) is 2. The van der Waals surface area contributed by atoms with Crippen molar-refractivity contribution in [1.29, 1.82) is 0 Å².